The second kappa shape index (κ2) is 7.20. The van der Waals surface area contributed by atoms with Gasteiger partial charge in [-0.2, -0.15) is 0 Å². The summed E-state index contributed by atoms with van der Waals surface area (Å²) in [4.78, 5) is 20.0. The third-order valence-corrected chi connectivity index (χ3v) is 2.57. The number of amides is 1. The molecule has 2 aromatic rings. The van der Waals surface area contributed by atoms with Gasteiger partial charge in [-0.1, -0.05) is 6.07 Å². The first kappa shape index (κ1) is 14.0. The Kier molecular flexibility index (Phi) is 5.02. The molecular weight excluding hydrogens is 256 g/mol. The Labute approximate surface area is 116 Å². The van der Waals surface area contributed by atoms with Crippen LogP contribution in [0.5, 0.6) is 0 Å². The minimum absolute atomic E-state index is 0.0627. The number of hydrogen-bond acceptors (Lipinski definition) is 5. The summed E-state index contributed by atoms with van der Waals surface area (Å²) in [5.74, 6) is 0.307. The van der Waals surface area contributed by atoms with Crippen molar-refractivity contribution in [2.45, 2.75) is 6.42 Å². The Morgan fingerprint density at radius 1 is 1.20 bits per heavy atom. The zero-order chi connectivity index (χ0) is 14.2. The van der Waals surface area contributed by atoms with Crippen molar-refractivity contribution in [1.82, 2.24) is 15.3 Å². The predicted molar refractivity (Wildman–Crippen MR) is 75.8 cm³/mol. The first-order chi connectivity index (χ1) is 9.79. The lowest BCUT2D eigenvalue weighted by Gasteiger charge is -2.07. The molecule has 0 atom stereocenters. The van der Waals surface area contributed by atoms with Gasteiger partial charge in [0.1, 0.15) is 0 Å². The van der Waals surface area contributed by atoms with Gasteiger partial charge >= 0.3 is 0 Å². The van der Waals surface area contributed by atoms with Gasteiger partial charge in [0, 0.05) is 36.8 Å². The van der Waals surface area contributed by atoms with E-state index >= 15 is 0 Å². The third kappa shape index (κ3) is 4.03. The van der Waals surface area contributed by atoms with Crippen LogP contribution in [-0.4, -0.2) is 34.1 Å². The Bertz CT molecular complexity index is 560. The first-order valence-electron chi connectivity index (χ1n) is 6.33. The van der Waals surface area contributed by atoms with Crippen LogP contribution >= 0.6 is 0 Å². The molecule has 6 heteroatoms. The molecule has 0 spiro atoms. The molecule has 0 unspecified atom stereocenters. The van der Waals surface area contributed by atoms with Crippen LogP contribution in [0.25, 0.3) is 0 Å². The fourth-order valence-electron chi connectivity index (χ4n) is 1.61. The Morgan fingerprint density at radius 3 is 2.75 bits per heavy atom. The lowest BCUT2D eigenvalue weighted by atomic mass is 10.2. The molecule has 0 radical (unpaired) electrons. The van der Waals surface area contributed by atoms with Gasteiger partial charge in [0.2, 0.25) is 5.95 Å². The van der Waals surface area contributed by atoms with Gasteiger partial charge < -0.3 is 15.7 Å². The van der Waals surface area contributed by atoms with Crippen LogP contribution in [0.2, 0.25) is 0 Å². The molecule has 0 aliphatic rings. The van der Waals surface area contributed by atoms with E-state index in [0.717, 1.165) is 5.69 Å². The number of rotatable bonds is 6. The summed E-state index contributed by atoms with van der Waals surface area (Å²) in [6.07, 6.45) is 3.82. The molecule has 20 heavy (non-hydrogen) atoms. The standard InChI is InChI=1S/C14H16N4O2/c19-9-3-8-15-13(20)11-4-1-5-12(10-11)18-14-16-6-2-7-17-14/h1-2,4-7,10,19H,3,8-9H2,(H,15,20)(H,16,17,18). The van der Waals surface area contributed by atoms with Crippen molar-refractivity contribution >= 4 is 17.5 Å². The van der Waals surface area contributed by atoms with E-state index in [9.17, 15) is 4.79 Å². The van der Waals surface area contributed by atoms with E-state index in [1.54, 1.807) is 36.7 Å². The third-order valence-electron chi connectivity index (χ3n) is 2.57. The summed E-state index contributed by atoms with van der Waals surface area (Å²) >= 11 is 0. The molecule has 2 rings (SSSR count). The van der Waals surface area contributed by atoms with Crippen molar-refractivity contribution in [2.24, 2.45) is 0 Å². The normalized spacial score (nSPS) is 10.1. The highest BCUT2D eigenvalue weighted by Crippen LogP contribution is 2.14. The van der Waals surface area contributed by atoms with Crippen molar-refractivity contribution in [3.8, 4) is 0 Å². The lowest BCUT2D eigenvalue weighted by molar-refractivity contribution is 0.0951. The number of benzene rings is 1. The van der Waals surface area contributed by atoms with Gasteiger partial charge in [0.05, 0.1) is 0 Å². The molecule has 1 aromatic carbocycles. The number of aromatic nitrogens is 2. The molecule has 3 N–H and O–H groups in total. The predicted octanol–water partition coefficient (Wildman–Crippen LogP) is 1.33. The molecule has 0 fully saturated rings. The van der Waals surface area contributed by atoms with Gasteiger partial charge in [0.25, 0.3) is 5.91 Å². The molecule has 0 aliphatic heterocycles. The molecule has 1 heterocycles. The number of carbonyl (C=O) groups excluding carboxylic acids is 1. The van der Waals surface area contributed by atoms with Crippen LogP contribution in [0.3, 0.4) is 0 Å². The largest absolute Gasteiger partial charge is 0.396 e. The second-order valence-electron chi connectivity index (χ2n) is 4.11. The maximum Gasteiger partial charge on any atom is 0.251 e. The number of nitrogens with zero attached hydrogens (tertiary/aromatic N) is 2. The lowest BCUT2D eigenvalue weighted by Crippen LogP contribution is -2.25. The average Bonchev–Trinajstić information content (AvgIpc) is 2.49. The molecule has 0 bridgehead atoms. The number of aliphatic hydroxyl groups excluding tert-OH is 1. The van der Waals surface area contributed by atoms with Gasteiger partial charge in [-0.3, -0.25) is 4.79 Å². The number of hydrogen-bond donors (Lipinski definition) is 3. The Hall–Kier alpha value is -2.47. The highest BCUT2D eigenvalue weighted by molar-refractivity contribution is 5.95. The summed E-state index contributed by atoms with van der Waals surface area (Å²) in [6.45, 7) is 0.516. The Morgan fingerprint density at radius 2 is 2.00 bits per heavy atom. The van der Waals surface area contributed by atoms with Gasteiger partial charge in [0.15, 0.2) is 0 Å². The number of anilines is 2. The fraction of sp³-hybridized carbons (Fsp3) is 0.214. The molecule has 1 aromatic heterocycles. The van der Waals surface area contributed by atoms with Crippen molar-refractivity contribution in [3.63, 3.8) is 0 Å². The summed E-state index contributed by atoms with van der Waals surface area (Å²) < 4.78 is 0. The summed E-state index contributed by atoms with van der Waals surface area (Å²) in [6, 6.07) is 8.80. The van der Waals surface area contributed by atoms with Crippen LogP contribution in [0, 0.1) is 0 Å². The molecule has 104 valence electrons. The SMILES string of the molecule is O=C(NCCCO)c1cccc(Nc2ncccn2)c1. The summed E-state index contributed by atoms with van der Waals surface area (Å²) in [7, 11) is 0. The first-order valence-corrected chi connectivity index (χ1v) is 6.33. The zero-order valence-electron chi connectivity index (χ0n) is 10.9. The smallest absolute Gasteiger partial charge is 0.251 e. The fourth-order valence-corrected chi connectivity index (χ4v) is 1.61. The molecule has 6 nitrogen and oxygen atoms in total. The molecule has 0 saturated carbocycles. The monoisotopic (exact) mass is 272 g/mol. The van der Waals surface area contributed by atoms with Gasteiger partial charge in [-0.15, -0.1) is 0 Å². The van der Waals surface area contributed by atoms with E-state index in [4.69, 9.17) is 5.11 Å². The van der Waals surface area contributed by atoms with Crippen LogP contribution in [0.1, 0.15) is 16.8 Å². The van der Waals surface area contributed by atoms with Crippen LogP contribution in [-0.2, 0) is 0 Å². The van der Waals surface area contributed by atoms with Gasteiger partial charge in [-0.05, 0) is 30.7 Å². The van der Waals surface area contributed by atoms with Crippen LogP contribution in [0.4, 0.5) is 11.6 Å². The van der Waals surface area contributed by atoms with Crippen molar-refractivity contribution in [2.75, 3.05) is 18.5 Å². The van der Waals surface area contributed by atoms with Gasteiger partial charge in [-0.25, -0.2) is 9.97 Å². The van der Waals surface area contributed by atoms with Crippen LogP contribution in [0.15, 0.2) is 42.7 Å². The maximum absolute atomic E-state index is 11.9. The molecule has 1 amide bonds. The minimum Gasteiger partial charge on any atom is -0.396 e. The quantitative estimate of drug-likeness (QED) is 0.691. The molecular formula is C14H16N4O2. The molecule has 0 aliphatic carbocycles. The number of nitrogens with one attached hydrogen (secondary N) is 2. The maximum atomic E-state index is 11.9. The highest BCUT2D eigenvalue weighted by atomic mass is 16.3. The van der Waals surface area contributed by atoms with Crippen molar-refractivity contribution in [3.05, 3.63) is 48.3 Å². The summed E-state index contributed by atoms with van der Waals surface area (Å²) in [5.41, 5.74) is 1.29. The van der Waals surface area contributed by atoms with Crippen LogP contribution < -0.4 is 10.6 Å². The van der Waals surface area contributed by atoms with Crippen molar-refractivity contribution < 1.29 is 9.90 Å². The number of carbonyl (C=O) groups is 1. The van der Waals surface area contributed by atoms with E-state index in [1.165, 1.54) is 0 Å². The zero-order valence-corrected chi connectivity index (χ0v) is 10.9. The number of aliphatic hydroxyl groups is 1. The van der Waals surface area contributed by atoms with E-state index in [-0.39, 0.29) is 12.5 Å². The van der Waals surface area contributed by atoms with E-state index < -0.39 is 0 Å². The topological polar surface area (TPSA) is 87.1 Å². The highest BCUT2D eigenvalue weighted by Gasteiger charge is 2.06. The average molecular weight is 272 g/mol. The Balaban J connectivity index is 2.02. The van der Waals surface area contributed by atoms with Crippen molar-refractivity contribution in [1.29, 1.82) is 0 Å². The van der Waals surface area contributed by atoms with E-state index in [0.29, 0.717) is 24.5 Å². The summed E-state index contributed by atoms with van der Waals surface area (Å²) in [5, 5.41) is 14.4. The van der Waals surface area contributed by atoms with E-state index in [1.807, 2.05) is 6.07 Å². The molecule has 0 saturated heterocycles. The minimum atomic E-state index is -0.170. The van der Waals surface area contributed by atoms with E-state index in [2.05, 4.69) is 20.6 Å². The second-order valence-corrected chi connectivity index (χ2v) is 4.11.